The van der Waals surface area contributed by atoms with Crippen LogP contribution in [0.5, 0.6) is 0 Å². The average molecular weight is 262 g/mol. The lowest BCUT2D eigenvalue weighted by molar-refractivity contribution is 0.0520. The van der Waals surface area contributed by atoms with Crippen molar-refractivity contribution in [3.63, 3.8) is 0 Å². The molecule has 0 saturated heterocycles. The van der Waals surface area contributed by atoms with Crippen LogP contribution < -0.4 is 5.32 Å². The first-order valence-electron chi connectivity index (χ1n) is 5.65. The van der Waals surface area contributed by atoms with Crippen molar-refractivity contribution in [3.8, 4) is 10.6 Å². The molecule has 4 nitrogen and oxygen atoms in total. The fraction of sp³-hybridized carbons (Fsp3) is 0.231. The van der Waals surface area contributed by atoms with Gasteiger partial charge in [0.2, 0.25) is 0 Å². The maximum Gasteiger partial charge on any atom is 0.357 e. The Morgan fingerprint density at radius 1 is 1.39 bits per heavy atom. The molecule has 2 aromatic rings. The number of anilines is 1. The smallest absolute Gasteiger partial charge is 0.357 e. The first-order chi connectivity index (χ1) is 8.74. The second-order valence-electron chi connectivity index (χ2n) is 3.59. The summed E-state index contributed by atoms with van der Waals surface area (Å²) in [5, 5.41) is 5.60. The lowest BCUT2D eigenvalue weighted by Gasteiger charge is -2.00. The molecule has 1 heterocycles. The number of ether oxygens (including phenoxy) is 1. The molecule has 0 bridgehead atoms. The number of nitrogens with one attached hydrogen (secondary N) is 1. The van der Waals surface area contributed by atoms with Crippen molar-refractivity contribution >= 4 is 23.0 Å². The van der Waals surface area contributed by atoms with Gasteiger partial charge in [0, 0.05) is 23.7 Å². The predicted molar refractivity (Wildman–Crippen MR) is 73.1 cm³/mol. The Morgan fingerprint density at radius 2 is 2.11 bits per heavy atom. The number of esters is 1. The Hall–Kier alpha value is -1.88. The van der Waals surface area contributed by atoms with Gasteiger partial charge in [-0.25, -0.2) is 9.78 Å². The molecule has 1 aromatic carbocycles. The summed E-state index contributed by atoms with van der Waals surface area (Å²) in [7, 11) is 1.87. The number of hydrogen-bond acceptors (Lipinski definition) is 5. The number of thiazole rings is 1. The quantitative estimate of drug-likeness (QED) is 0.860. The highest BCUT2D eigenvalue weighted by molar-refractivity contribution is 7.13. The van der Waals surface area contributed by atoms with Gasteiger partial charge < -0.3 is 10.1 Å². The molecule has 0 aliphatic rings. The van der Waals surface area contributed by atoms with E-state index in [-0.39, 0.29) is 5.97 Å². The van der Waals surface area contributed by atoms with Crippen LogP contribution in [0.15, 0.2) is 29.6 Å². The molecular weight excluding hydrogens is 248 g/mol. The minimum absolute atomic E-state index is 0.364. The zero-order valence-corrected chi connectivity index (χ0v) is 11.1. The van der Waals surface area contributed by atoms with E-state index in [9.17, 15) is 4.79 Å². The van der Waals surface area contributed by atoms with E-state index in [2.05, 4.69) is 10.3 Å². The number of carbonyl (C=O) groups excluding carboxylic acids is 1. The fourth-order valence-corrected chi connectivity index (χ4v) is 2.28. The number of aromatic nitrogens is 1. The summed E-state index contributed by atoms with van der Waals surface area (Å²) in [4.78, 5) is 15.8. The zero-order chi connectivity index (χ0) is 13.0. The molecule has 0 aliphatic heterocycles. The van der Waals surface area contributed by atoms with Crippen LogP contribution in [0.1, 0.15) is 17.4 Å². The first kappa shape index (κ1) is 12.6. The highest BCUT2D eigenvalue weighted by atomic mass is 32.1. The van der Waals surface area contributed by atoms with Crippen molar-refractivity contribution < 1.29 is 9.53 Å². The van der Waals surface area contributed by atoms with Gasteiger partial charge in [-0.15, -0.1) is 11.3 Å². The number of rotatable bonds is 4. The molecule has 0 aliphatic carbocycles. The van der Waals surface area contributed by atoms with Crippen LogP contribution in [0.25, 0.3) is 10.6 Å². The third-order valence-corrected chi connectivity index (χ3v) is 3.30. The normalized spacial score (nSPS) is 10.1. The van der Waals surface area contributed by atoms with Crippen molar-refractivity contribution in [1.82, 2.24) is 4.98 Å². The van der Waals surface area contributed by atoms with Gasteiger partial charge in [-0.05, 0) is 31.2 Å². The van der Waals surface area contributed by atoms with Crippen LogP contribution >= 0.6 is 11.3 Å². The fourth-order valence-electron chi connectivity index (χ4n) is 1.48. The molecule has 0 saturated carbocycles. The molecular formula is C13H14N2O2S. The summed E-state index contributed by atoms with van der Waals surface area (Å²) < 4.78 is 4.91. The Kier molecular flexibility index (Phi) is 3.94. The van der Waals surface area contributed by atoms with Gasteiger partial charge in [0.05, 0.1) is 6.61 Å². The second kappa shape index (κ2) is 5.64. The average Bonchev–Trinajstić information content (AvgIpc) is 2.89. The molecule has 0 amide bonds. The Labute approximate surface area is 110 Å². The van der Waals surface area contributed by atoms with Gasteiger partial charge >= 0.3 is 5.97 Å². The largest absolute Gasteiger partial charge is 0.461 e. The Bertz CT molecular complexity index is 534. The molecule has 1 N–H and O–H groups in total. The van der Waals surface area contributed by atoms with Crippen molar-refractivity contribution in [2.75, 3.05) is 19.0 Å². The van der Waals surface area contributed by atoms with Gasteiger partial charge in [-0.3, -0.25) is 0 Å². The van der Waals surface area contributed by atoms with E-state index in [4.69, 9.17) is 4.74 Å². The summed E-state index contributed by atoms with van der Waals surface area (Å²) in [6.07, 6.45) is 0. The number of carbonyl (C=O) groups is 1. The standard InChI is InChI=1S/C13H14N2O2S/c1-3-17-13(16)11-8-18-12(15-11)9-4-6-10(14-2)7-5-9/h4-8,14H,3H2,1-2H3. The third kappa shape index (κ3) is 2.68. The molecule has 0 unspecified atom stereocenters. The van der Waals surface area contributed by atoms with Crippen LogP contribution in [0.4, 0.5) is 5.69 Å². The van der Waals surface area contributed by atoms with Crippen molar-refractivity contribution in [3.05, 3.63) is 35.3 Å². The summed E-state index contributed by atoms with van der Waals surface area (Å²) >= 11 is 1.44. The SMILES string of the molecule is CCOC(=O)c1csc(-c2ccc(NC)cc2)n1. The van der Waals surface area contributed by atoms with Crippen molar-refractivity contribution in [2.24, 2.45) is 0 Å². The third-order valence-electron chi connectivity index (χ3n) is 2.41. The van der Waals surface area contributed by atoms with Gasteiger partial charge in [-0.1, -0.05) is 0 Å². The summed E-state index contributed by atoms with van der Waals surface area (Å²) in [6, 6.07) is 7.89. The highest BCUT2D eigenvalue weighted by Gasteiger charge is 2.12. The minimum atomic E-state index is -0.369. The van der Waals surface area contributed by atoms with E-state index in [0.29, 0.717) is 12.3 Å². The van der Waals surface area contributed by atoms with Gasteiger partial charge in [0.25, 0.3) is 0 Å². The molecule has 18 heavy (non-hydrogen) atoms. The van der Waals surface area contributed by atoms with E-state index in [1.807, 2.05) is 31.3 Å². The zero-order valence-electron chi connectivity index (χ0n) is 10.3. The van der Waals surface area contributed by atoms with Crippen molar-refractivity contribution in [2.45, 2.75) is 6.92 Å². The van der Waals surface area contributed by atoms with Gasteiger partial charge in [0.1, 0.15) is 5.01 Å². The van der Waals surface area contributed by atoms with E-state index in [0.717, 1.165) is 16.3 Å². The first-order valence-corrected chi connectivity index (χ1v) is 6.53. The second-order valence-corrected chi connectivity index (χ2v) is 4.44. The molecule has 0 spiro atoms. The maximum absolute atomic E-state index is 11.5. The van der Waals surface area contributed by atoms with E-state index < -0.39 is 0 Å². The van der Waals surface area contributed by atoms with Gasteiger partial charge in [-0.2, -0.15) is 0 Å². The summed E-state index contributed by atoms with van der Waals surface area (Å²) in [5.41, 5.74) is 2.41. The Morgan fingerprint density at radius 3 is 2.72 bits per heavy atom. The topological polar surface area (TPSA) is 51.2 Å². The van der Waals surface area contributed by atoms with Crippen LogP contribution in [-0.2, 0) is 4.74 Å². The maximum atomic E-state index is 11.5. The monoisotopic (exact) mass is 262 g/mol. The van der Waals surface area contributed by atoms with E-state index >= 15 is 0 Å². The van der Waals surface area contributed by atoms with E-state index in [1.165, 1.54) is 11.3 Å². The number of hydrogen-bond donors (Lipinski definition) is 1. The molecule has 0 atom stereocenters. The molecule has 2 rings (SSSR count). The summed E-state index contributed by atoms with van der Waals surface area (Å²) in [5.74, 6) is -0.369. The lowest BCUT2D eigenvalue weighted by Crippen LogP contribution is -2.04. The van der Waals surface area contributed by atoms with Crippen LogP contribution in [0, 0.1) is 0 Å². The van der Waals surface area contributed by atoms with Crippen LogP contribution in [-0.4, -0.2) is 24.6 Å². The number of benzene rings is 1. The highest BCUT2D eigenvalue weighted by Crippen LogP contribution is 2.25. The van der Waals surface area contributed by atoms with Crippen LogP contribution in [0.2, 0.25) is 0 Å². The van der Waals surface area contributed by atoms with E-state index in [1.54, 1.807) is 12.3 Å². The minimum Gasteiger partial charge on any atom is -0.461 e. The van der Waals surface area contributed by atoms with Crippen LogP contribution in [0.3, 0.4) is 0 Å². The van der Waals surface area contributed by atoms with Gasteiger partial charge in [0.15, 0.2) is 5.69 Å². The lowest BCUT2D eigenvalue weighted by atomic mass is 10.2. The molecule has 0 radical (unpaired) electrons. The summed E-state index contributed by atoms with van der Waals surface area (Å²) in [6.45, 7) is 2.14. The molecule has 5 heteroatoms. The van der Waals surface area contributed by atoms with Crippen molar-refractivity contribution in [1.29, 1.82) is 0 Å². The molecule has 94 valence electrons. The molecule has 1 aromatic heterocycles. The Balaban J connectivity index is 2.20. The number of nitrogens with zero attached hydrogens (tertiary/aromatic N) is 1. The predicted octanol–water partition coefficient (Wildman–Crippen LogP) is 3.03. The molecule has 0 fully saturated rings.